The lowest BCUT2D eigenvalue weighted by atomic mass is 9.84. The van der Waals surface area contributed by atoms with Gasteiger partial charge in [0.15, 0.2) is 0 Å². The molecule has 2 aromatic rings. The molecule has 4 rings (SSSR count). The van der Waals surface area contributed by atoms with Crippen molar-refractivity contribution >= 4 is 23.2 Å². The highest BCUT2D eigenvalue weighted by molar-refractivity contribution is 7.17. The zero-order valence-electron chi connectivity index (χ0n) is 20.2. The van der Waals surface area contributed by atoms with Crippen molar-refractivity contribution in [1.29, 1.82) is 0 Å². The van der Waals surface area contributed by atoms with Crippen molar-refractivity contribution in [1.82, 2.24) is 15.2 Å². The second kappa shape index (κ2) is 10.8. The summed E-state index contributed by atoms with van der Waals surface area (Å²) in [6.45, 7) is 7.48. The molecule has 1 aromatic heterocycles. The van der Waals surface area contributed by atoms with Crippen LogP contribution in [0.25, 0.3) is 10.6 Å². The fraction of sp³-hybridized carbons (Fsp3) is 0.593. The fourth-order valence-corrected chi connectivity index (χ4v) is 6.17. The number of hydrogen-bond donors (Lipinski definition) is 1. The number of rotatable bonds is 5. The molecule has 6 heteroatoms. The molecule has 2 fully saturated rings. The number of thiazole rings is 1. The lowest BCUT2D eigenvalue weighted by molar-refractivity contribution is -0.127. The third-order valence-electron chi connectivity index (χ3n) is 7.44. The Morgan fingerprint density at radius 1 is 1.00 bits per heavy atom. The second-order valence-corrected chi connectivity index (χ2v) is 10.9. The molecular formula is C27H37N3O2S. The van der Waals surface area contributed by atoms with Gasteiger partial charge in [-0.2, -0.15) is 0 Å². The number of piperidine rings is 1. The molecule has 0 unspecified atom stereocenters. The molecule has 0 radical (unpaired) electrons. The summed E-state index contributed by atoms with van der Waals surface area (Å²) in [5.74, 6) is 0.624. The SMILES string of the molecule is Cc1ccc(-c2nc(C)c(C(=O)N3CCC([C@H](C)C(=O)NC4CCCCCC4)CC3)s2)cc1. The molecule has 2 aliphatic rings. The third-order valence-corrected chi connectivity index (χ3v) is 8.63. The van der Waals surface area contributed by atoms with Gasteiger partial charge in [0.1, 0.15) is 9.88 Å². The summed E-state index contributed by atoms with van der Waals surface area (Å²) in [5.41, 5.74) is 3.07. The van der Waals surface area contributed by atoms with Gasteiger partial charge < -0.3 is 10.2 Å². The monoisotopic (exact) mass is 467 g/mol. The number of aromatic nitrogens is 1. The van der Waals surface area contributed by atoms with E-state index in [4.69, 9.17) is 0 Å². The molecule has 2 amide bonds. The van der Waals surface area contributed by atoms with Gasteiger partial charge in [0.25, 0.3) is 5.91 Å². The van der Waals surface area contributed by atoms with E-state index < -0.39 is 0 Å². The minimum atomic E-state index is 0.00351. The van der Waals surface area contributed by atoms with E-state index in [0.29, 0.717) is 25.0 Å². The summed E-state index contributed by atoms with van der Waals surface area (Å²) in [6.07, 6.45) is 9.03. The van der Waals surface area contributed by atoms with Crippen molar-refractivity contribution in [2.75, 3.05) is 13.1 Å². The average molecular weight is 468 g/mol. The number of amides is 2. The van der Waals surface area contributed by atoms with E-state index in [-0.39, 0.29) is 17.7 Å². The fourth-order valence-electron chi connectivity index (χ4n) is 5.13. The number of carbonyl (C=O) groups excluding carboxylic acids is 2. The molecule has 1 aliphatic carbocycles. The molecule has 0 bridgehead atoms. The normalized spacial score (nSPS) is 19.2. The predicted molar refractivity (Wildman–Crippen MR) is 134 cm³/mol. The van der Waals surface area contributed by atoms with Crippen molar-refractivity contribution in [3.63, 3.8) is 0 Å². The minimum absolute atomic E-state index is 0.00351. The highest BCUT2D eigenvalue weighted by atomic mass is 32.1. The van der Waals surface area contributed by atoms with E-state index in [1.165, 1.54) is 42.6 Å². The summed E-state index contributed by atoms with van der Waals surface area (Å²) in [5, 5.41) is 4.22. The summed E-state index contributed by atoms with van der Waals surface area (Å²) in [6, 6.07) is 8.63. The Morgan fingerprint density at radius 3 is 2.27 bits per heavy atom. The molecule has 0 spiro atoms. The molecule has 33 heavy (non-hydrogen) atoms. The number of aryl methyl sites for hydroxylation is 2. The van der Waals surface area contributed by atoms with Crippen LogP contribution in [0.15, 0.2) is 24.3 Å². The van der Waals surface area contributed by atoms with Gasteiger partial charge >= 0.3 is 0 Å². The second-order valence-electron chi connectivity index (χ2n) is 9.91. The Hall–Kier alpha value is -2.21. The molecule has 5 nitrogen and oxygen atoms in total. The molecule has 1 atom stereocenters. The quantitative estimate of drug-likeness (QED) is 0.569. The first kappa shape index (κ1) is 23.9. The molecule has 2 heterocycles. The van der Waals surface area contributed by atoms with E-state index in [2.05, 4.69) is 48.4 Å². The zero-order chi connectivity index (χ0) is 23.4. The Kier molecular flexibility index (Phi) is 7.84. The van der Waals surface area contributed by atoms with Gasteiger partial charge in [0, 0.05) is 30.6 Å². The van der Waals surface area contributed by atoms with Gasteiger partial charge in [-0.1, -0.05) is 62.4 Å². The van der Waals surface area contributed by atoms with Crippen molar-refractivity contribution in [3.05, 3.63) is 40.4 Å². The van der Waals surface area contributed by atoms with Crippen molar-refractivity contribution in [2.24, 2.45) is 11.8 Å². The van der Waals surface area contributed by atoms with E-state index in [0.717, 1.165) is 46.8 Å². The van der Waals surface area contributed by atoms with Gasteiger partial charge in [0.2, 0.25) is 5.91 Å². The largest absolute Gasteiger partial charge is 0.353 e. The highest BCUT2D eigenvalue weighted by Crippen LogP contribution is 2.31. The Labute approximate surface area is 202 Å². The van der Waals surface area contributed by atoms with Gasteiger partial charge in [-0.05, 0) is 45.4 Å². The predicted octanol–water partition coefficient (Wildman–Crippen LogP) is 5.75. The van der Waals surface area contributed by atoms with Gasteiger partial charge in [0.05, 0.1) is 5.69 Å². The number of hydrogen-bond acceptors (Lipinski definition) is 4. The van der Waals surface area contributed by atoms with Crippen LogP contribution >= 0.6 is 11.3 Å². The topological polar surface area (TPSA) is 62.3 Å². The Morgan fingerprint density at radius 2 is 1.64 bits per heavy atom. The summed E-state index contributed by atoms with van der Waals surface area (Å²) in [4.78, 5) is 33.5. The molecule has 1 N–H and O–H groups in total. The lowest BCUT2D eigenvalue weighted by Crippen LogP contribution is -2.44. The van der Waals surface area contributed by atoms with Crippen molar-refractivity contribution in [2.45, 2.75) is 78.2 Å². The van der Waals surface area contributed by atoms with E-state index in [1.807, 2.05) is 11.8 Å². The molecule has 178 valence electrons. The maximum absolute atomic E-state index is 13.2. The maximum Gasteiger partial charge on any atom is 0.265 e. The van der Waals surface area contributed by atoms with E-state index in [9.17, 15) is 9.59 Å². The smallest absolute Gasteiger partial charge is 0.265 e. The zero-order valence-corrected chi connectivity index (χ0v) is 21.0. The van der Waals surface area contributed by atoms with Crippen LogP contribution in [0.3, 0.4) is 0 Å². The first-order chi connectivity index (χ1) is 15.9. The molecule has 1 saturated carbocycles. The average Bonchev–Trinajstić information content (AvgIpc) is 3.03. The van der Waals surface area contributed by atoms with Gasteiger partial charge in [-0.25, -0.2) is 4.98 Å². The van der Waals surface area contributed by atoms with Crippen LogP contribution < -0.4 is 5.32 Å². The van der Waals surface area contributed by atoms with Crippen LogP contribution in [0.5, 0.6) is 0 Å². The number of benzene rings is 1. The van der Waals surface area contributed by atoms with Gasteiger partial charge in [-0.15, -0.1) is 11.3 Å². The van der Waals surface area contributed by atoms with Gasteiger partial charge in [-0.3, -0.25) is 9.59 Å². The van der Waals surface area contributed by atoms with E-state index in [1.54, 1.807) is 0 Å². The van der Waals surface area contributed by atoms with Crippen LogP contribution in [0.4, 0.5) is 0 Å². The van der Waals surface area contributed by atoms with E-state index >= 15 is 0 Å². The first-order valence-electron chi connectivity index (χ1n) is 12.6. The highest BCUT2D eigenvalue weighted by Gasteiger charge is 2.32. The molecule has 1 aliphatic heterocycles. The summed E-state index contributed by atoms with van der Waals surface area (Å²) in [7, 11) is 0. The number of likely N-dealkylation sites (tertiary alicyclic amines) is 1. The first-order valence-corrected chi connectivity index (χ1v) is 13.4. The molecule has 1 aromatic carbocycles. The summed E-state index contributed by atoms with van der Waals surface area (Å²) >= 11 is 1.49. The van der Waals surface area contributed by atoms with Crippen LogP contribution in [-0.4, -0.2) is 40.8 Å². The van der Waals surface area contributed by atoms with Crippen molar-refractivity contribution < 1.29 is 9.59 Å². The van der Waals surface area contributed by atoms with Crippen LogP contribution in [0, 0.1) is 25.7 Å². The maximum atomic E-state index is 13.2. The third kappa shape index (κ3) is 5.84. The number of nitrogens with zero attached hydrogens (tertiary/aromatic N) is 2. The standard InChI is InChI=1S/C27H37N3O2S/c1-18-10-12-22(13-11-18)26-28-20(3)24(33-26)27(32)30-16-14-21(15-17-30)19(2)25(31)29-23-8-6-4-5-7-9-23/h10-13,19,21,23H,4-9,14-17H2,1-3H3,(H,29,31)/t19-/m0/s1. The van der Waals surface area contributed by atoms with Crippen LogP contribution in [0.2, 0.25) is 0 Å². The Bertz CT molecular complexity index is 952. The van der Waals surface area contributed by atoms with Crippen LogP contribution in [0.1, 0.15) is 79.2 Å². The lowest BCUT2D eigenvalue weighted by Gasteiger charge is -2.34. The minimum Gasteiger partial charge on any atom is -0.353 e. The summed E-state index contributed by atoms with van der Waals surface area (Å²) < 4.78 is 0. The molecular weight excluding hydrogens is 430 g/mol. The number of carbonyl (C=O) groups is 2. The Balaban J connectivity index is 1.32. The molecule has 1 saturated heterocycles. The number of nitrogens with one attached hydrogen (secondary N) is 1. The van der Waals surface area contributed by atoms with Crippen LogP contribution in [-0.2, 0) is 4.79 Å². The van der Waals surface area contributed by atoms with Crippen molar-refractivity contribution in [3.8, 4) is 10.6 Å².